The summed E-state index contributed by atoms with van der Waals surface area (Å²) in [5.74, 6) is -0.129. The molecule has 2 aliphatic heterocycles. The van der Waals surface area contributed by atoms with Gasteiger partial charge in [-0.2, -0.15) is 0 Å². The topological polar surface area (TPSA) is 73.9 Å². The second-order valence-electron chi connectivity index (χ2n) is 7.44. The van der Waals surface area contributed by atoms with Crippen LogP contribution in [0.1, 0.15) is 19.3 Å². The van der Waals surface area contributed by atoms with Gasteiger partial charge in [0, 0.05) is 45.1 Å². The van der Waals surface area contributed by atoms with Gasteiger partial charge in [-0.05, 0) is 40.0 Å². The fourth-order valence-corrected chi connectivity index (χ4v) is 3.54. The minimum Gasteiger partial charge on any atom is -0.384 e. The summed E-state index contributed by atoms with van der Waals surface area (Å²) in [5, 5.41) is 6.44. The minimum absolute atomic E-state index is 0. The van der Waals surface area contributed by atoms with Gasteiger partial charge in [0.2, 0.25) is 11.8 Å². The van der Waals surface area contributed by atoms with Crippen molar-refractivity contribution >= 4 is 36.6 Å². The van der Waals surface area contributed by atoms with Crippen LogP contribution < -0.4 is 10.6 Å². The van der Waals surface area contributed by atoms with Gasteiger partial charge in [0.05, 0.1) is 12.5 Å². The van der Waals surface area contributed by atoms with E-state index in [2.05, 4.69) is 10.6 Å². The highest BCUT2D eigenvalue weighted by Gasteiger charge is 2.36. The van der Waals surface area contributed by atoms with Crippen LogP contribution in [-0.4, -0.2) is 88.7 Å². The molecule has 154 valence electrons. The zero-order valence-electron chi connectivity index (χ0n) is 16.1. The van der Waals surface area contributed by atoms with E-state index >= 15 is 0 Å². The Hall–Kier alpha value is -0.600. The summed E-state index contributed by atoms with van der Waals surface area (Å²) in [6, 6.07) is 0. The molecule has 1 unspecified atom stereocenters. The third-order valence-electron chi connectivity index (χ3n) is 5.15. The van der Waals surface area contributed by atoms with E-state index in [1.807, 2.05) is 19.0 Å². The maximum Gasteiger partial charge on any atom is 0.225 e. The first-order valence-corrected chi connectivity index (χ1v) is 8.86. The van der Waals surface area contributed by atoms with Crippen molar-refractivity contribution < 1.29 is 14.3 Å². The van der Waals surface area contributed by atoms with E-state index < -0.39 is 0 Å². The van der Waals surface area contributed by atoms with Crippen LogP contribution >= 0.6 is 24.8 Å². The maximum atomic E-state index is 12.5. The Bertz CT molecular complexity index is 440. The van der Waals surface area contributed by atoms with Crippen LogP contribution in [0.4, 0.5) is 0 Å². The average molecular weight is 413 g/mol. The SMILES string of the molecule is COCC1(CNC(=O)C2CC(=O)N(CCN(C)C)C2)CCNCC1.Cl.Cl. The molecule has 0 aromatic carbocycles. The Labute approximate surface area is 169 Å². The van der Waals surface area contributed by atoms with Crippen molar-refractivity contribution in [3.63, 3.8) is 0 Å². The van der Waals surface area contributed by atoms with Gasteiger partial charge in [-0.1, -0.05) is 0 Å². The van der Waals surface area contributed by atoms with Crippen LogP contribution in [0.15, 0.2) is 0 Å². The molecule has 0 spiro atoms. The Morgan fingerprint density at radius 2 is 2.00 bits per heavy atom. The summed E-state index contributed by atoms with van der Waals surface area (Å²) in [6.07, 6.45) is 2.33. The molecule has 2 N–H and O–H groups in total. The maximum absolute atomic E-state index is 12.5. The lowest BCUT2D eigenvalue weighted by Gasteiger charge is -2.37. The number of hydrogen-bond acceptors (Lipinski definition) is 5. The molecule has 26 heavy (non-hydrogen) atoms. The predicted molar refractivity (Wildman–Crippen MR) is 107 cm³/mol. The van der Waals surface area contributed by atoms with Crippen molar-refractivity contribution in [1.82, 2.24) is 20.4 Å². The highest BCUT2D eigenvalue weighted by Crippen LogP contribution is 2.28. The third-order valence-corrected chi connectivity index (χ3v) is 5.15. The molecule has 0 aliphatic carbocycles. The summed E-state index contributed by atoms with van der Waals surface area (Å²) in [4.78, 5) is 28.4. The number of hydrogen-bond donors (Lipinski definition) is 2. The molecular weight excluding hydrogens is 379 g/mol. The van der Waals surface area contributed by atoms with E-state index in [1.54, 1.807) is 12.0 Å². The van der Waals surface area contributed by atoms with Crippen molar-refractivity contribution in [2.75, 3.05) is 67.1 Å². The van der Waals surface area contributed by atoms with Gasteiger partial charge >= 0.3 is 0 Å². The average Bonchev–Trinajstić information content (AvgIpc) is 2.93. The Morgan fingerprint density at radius 3 is 2.58 bits per heavy atom. The Morgan fingerprint density at radius 1 is 1.35 bits per heavy atom. The number of rotatable bonds is 8. The first-order chi connectivity index (χ1) is 11.5. The predicted octanol–water partition coefficient (Wildman–Crippen LogP) is 0.373. The number of carbonyl (C=O) groups excluding carboxylic acids is 2. The number of likely N-dealkylation sites (N-methyl/N-ethyl adjacent to an activating group) is 1. The largest absolute Gasteiger partial charge is 0.384 e. The first-order valence-electron chi connectivity index (χ1n) is 8.86. The number of methoxy groups -OCH3 is 1. The number of ether oxygens (including phenoxy) is 1. The molecule has 2 amide bonds. The second kappa shape index (κ2) is 12.0. The van der Waals surface area contributed by atoms with Crippen LogP contribution in [0.25, 0.3) is 0 Å². The van der Waals surface area contributed by atoms with E-state index in [0.717, 1.165) is 32.5 Å². The molecule has 0 aromatic rings. The first kappa shape index (κ1) is 25.4. The molecule has 0 saturated carbocycles. The standard InChI is InChI=1S/C17H32N4O3.2ClH/c1-20(2)8-9-21-11-14(10-15(21)22)16(23)19-12-17(13-24-3)4-6-18-7-5-17;;/h14,18H,4-13H2,1-3H3,(H,19,23);2*1H. The molecule has 2 rings (SSSR count). The van der Waals surface area contributed by atoms with Crippen LogP contribution in [0.3, 0.4) is 0 Å². The van der Waals surface area contributed by atoms with Gasteiger partial charge in [0.15, 0.2) is 0 Å². The van der Waals surface area contributed by atoms with Gasteiger partial charge in [-0.15, -0.1) is 24.8 Å². The molecule has 1 atom stereocenters. The molecule has 2 fully saturated rings. The summed E-state index contributed by atoms with van der Waals surface area (Å²) >= 11 is 0. The van der Waals surface area contributed by atoms with Crippen molar-refractivity contribution in [3.05, 3.63) is 0 Å². The van der Waals surface area contributed by atoms with E-state index in [0.29, 0.717) is 32.7 Å². The smallest absolute Gasteiger partial charge is 0.225 e. The highest BCUT2D eigenvalue weighted by atomic mass is 35.5. The van der Waals surface area contributed by atoms with Crippen molar-refractivity contribution in [2.45, 2.75) is 19.3 Å². The normalized spacial score (nSPS) is 21.9. The van der Waals surface area contributed by atoms with Gasteiger partial charge in [0.25, 0.3) is 0 Å². The van der Waals surface area contributed by atoms with Crippen molar-refractivity contribution in [1.29, 1.82) is 0 Å². The number of carbonyl (C=O) groups is 2. The van der Waals surface area contributed by atoms with Crippen LogP contribution in [0.5, 0.6) is 0 Å². The Balaban J connectivity index is 0.00000312. The summed E-state index contributed by atoms with van der Waals surface area (Å²) in [7, 11) is 5.68. The quantitative estimate of drug-likeness (QED) is 0.602. The van der Waals surface area contributed by atoms with Crippen molar-refractivity contribution in [3.8, 4) is 0 Å². The number of halogens is 2. The minimum atomic E-state index is -0.221. The summed E-state index contributed by atoms with van der Waals surface area (Å²) in [6.45, 7) is 5.26. The summed E-state index contributed by atoms with van der Waals surface area (Å²) < 4.78 is 5.38. The lowest BCUT2D eigenvalue weighted by Crippen LogP contribution is -2.48. The van der Waals surface area contributed by atoms with Crippen molar-refractivity contribution in [2.24, 2.45) is 11.3 Å². The lowest BCUT2D eigenvalue weighted by atomic mass is 9.79. The van der Waals surface area contributed by atoms with Gasteiger partial charge in [0.1, 0.15) is 0 Å². The lowest BCUT2D eigenvalue weighted by molar-refractivity contribution is -0.129. The van der Waals surface area contributed by atoms with E-state index in [9.17, 15) is 9.59 Å². The number of likely N-dealkylation sites (tertiary alicyclic amines) is 1. The second-order valence-corrected chi connectivity index (χ2v) is 7.44. The molecule has 2 saturated heterocycles. The highest BCUT2D eigenvalue weighted by molar-refractivity contribution is 5.89. The molecule has 0 radical (unpaired) electrons. The van der Waals surface area contributed by atoms with Gasteiger partial charge in [-0.3, -0.25) is 9.59 Å². The molecular formula is C17H34Cl2N4O3. The number of nitrogens with zero attached hydrogens (tertiary/aromatic N) is 2. The van der Waals surface area contributed by atoms with Crippen LogP contribution in [-0.2, 0) is 14.3 Å². The monoisotopic (exact) mass is 412 g/mol. The fraction of sp³-hybridized carbons (Fsp3) is 0.882. The molecule has 9 heteroatoms. The van der Waals surface area contributed by atoms with Gasteiger partial charge in [-0.25, -0.2) is 0 Å². The van der Waals surface area contributed by atoms with Crippen LogP contribution in [0, 0.1) is 11.3 Å². The number of piperidine rings is 1. The zero-order valence-corrected chi connectivity index (χ0v) is 17.7. The van der Waals surface area contributed by atoms with E-state index in [4.69, 9.17) is 4.74 Å². The fourth-order valence-electron chi connectivity index (χ4n) is 3.54. The summed E-state index contributed by atoms with van der Waals surface area (Å²) in [5.41, 5.74) is 0.0167. The molecule has 2 heterocycles. The zero-order chi connectivity index (χ0) is 17.6. The Kier molecular flexibility index (Phi) is 11.7. The van der Waals surface area contributed by atoms with E-state index in [-0.39, 0.29) is 48.0 Å². The molecule has 2 aliphatic rings. The molecule has 0 aromatic heterocycles. The number of amides is 2. The third kappa shape index (κ3) is 7.19. The van der Waals surface area contributed by atoms with E-state index in [1.165, 1.54) is 0 Å². The molecule has 0 bridgehead atoms. The molecule has 7 nitrogen and oxygen atoms in total. The number of nitrogens with one attached hydrogen (secondary N) is 2. The van der Waals surface area contributed by atoms with Gasteiger partial charge < -0.3 is 25.2 Å². The van der Waals surface area contributed by atoms with Crippen LogP contribution in [0.2, 0.25) is 0 Å².